The van der Waals surface area contributed by atoms with Crippen molar-refractivity contribution in [3.63, 3.8) is 0 Å². The molecule has 1 aromatic rings. The molecule has 100 valence electrons. The third-order valence-electron chi connectivity index (χ3n) is 2.40. The average Bonchev–Trinajstić information content (AvgIpc) is 2.68. The van der Waals surface area contributed by atoms with Gasteiger partial charge in [0.05, 0.1) is 0 Å². The first kappa shape index (κ1) is 14.0. The monoisotopic (exact) mass is 327 g/mol. The Morgan fingerprint density at radius 1 is 1.47 bits per heavy atom. The second kappa shape index (κ2) is 5.67. The molecule has 2 rings (SSSR count). The van der Waals surface area contributed by atoms with Crippen LogP contribution in [0.2, 0.25) is 0 Å². The molecular formula is C13H13NO4Se. The molecular weight excluding hydrogens is 313 g/mol. The molecule has 1 atom stereocenters. The first-order chi connectivity index (χ1) is 9.05. The standard InChI is InChI=1S/C13H13NO4Se/c1-2-18-13(17)10(8-11(15)16)19-12(14-13)9-6-4-3-5-7-9/h3-8,17H,2H2,1H3,(H,15,16)/b10-8+. The Balaban J connectivity index is 2.37. The van der Waals surface area contributed by atoms with Gasteiger partial charge in [-0.1, -0.05) is 0 Å². The summed E-state index contributed by atoms with van der Waals surface area (Å²) in [4.78, 5) is 15.0. The average molecular weight is 326 g/mol. The van der Waals surface area contributed by atoms with E-state index in [1.54, 1.807) is 6.92 Å². The van der Waals surface area contributed by atoms with Crippen molar-refractivity contribution in [2.45, 2.75) is 12.8 Å². The van der Waals surface area contributed by atoms with Gasteiger partial charge < -0.3 is 0 Å². The van der Waals surface area contributed by atoms with Gasteiger partial charge in [-0.25, -0.2) is 0 Å². The molecule has 0 radical (unpaired) electrons. The number of rotatable bonds is 4. The van der Waals surface area contributed by atoms with E-state index in [0.29, 0.717) is 9.08 Å². The molecule has 0 fully saturated rings. The van der Waals surface area contributed by atoms with E-state index in [0.717, 1.165) is 11.6 Å². The Morgan fingerprint density at radius 3 is 2.74 bits per heavy atom. The molecule has 0 aliphatic carbocycles. The maximum absolute atomic E-state index is 10.8. The zero-order valence-corrected chi connectivity index (χ0v) is 12.0. The van der Waals surface area contributed by atoms with Crippen LogP contribution in [0.4, 0.5) is 0 Å². The van der Waals surface area contributed by atoms with E-state index in [2.05, 4.69) is 4.99 Å². The Labute approximate surface area is 116 Å². The molecule has 0 saturated heterocycles. The molecule has 19 heavy (non-hydrogen) atoms. The summed E-state index contributed by atoms with van der Waals surface area (Å²) in [6.45, 7) is 1.97. The van der Waals surface area contributed by atoms with E-state index < -0.39 is 11.9 Å². The third-order valence-corrected chi connectivity index (χ3v) is 4.76. The van der Waals surface area contributed by atoms with E-state index in [1.807, 2.05) is 30.3 Å². The van der Waals surface area contributed by atoms with Gasteiger partial charge in [-0.3, -0.25) is 0 Å². The minimum absolute atomic E-state index is 0.245. The number of aliphatic imine (C=N–C) groups is 1. The van der Waals surface area contributed by atoms with Crippen LogP contribution in [0.3, 0.4) is 0 Å². The van der Waals surface area contributed by atoms with Gasteiger partial charge in [-0.15, -0.1) is 0 Å². The van der Waals surface area contributed by atoms with Crippen molar-refractivity contribution in [1.82, 2.24) is 0 Å². The number of carboxylic acid groups (broad SMARTS) is 1. The molecule has 0 bridgehead atoms. The van der Waals surface area contributed by atoms with Crippen molar-refractivity contribution in [3.8, 4) is 0 Å². The number of aliphatic carboxylic acids is 1. The van der Waals surface area contributed by atoms with E-state index in [1.165, 1.54) is 0 Å². The molecule has 0 spiro atoms. The summed E-state index contributed by atoms with van der Waals surface area (Å²) in [6.07, 6.45) is 0.981. The molecule has 1 aliphatic heterocycles. The van der Waals surface area contributed by atoms with Crippen LogP contribution in [0.5, 0.6) is 0 Å². The van der Waals surface area contributed by atoms with Crippen LogP contribution in [-0.2, 0) is 9.53 Å². The zero-order chi connectivity index (χ0) is 13.9. The van der Waals surface area contributed by atoms with Crippen molar-refractivity contribution in [2.24, 2.45) is 4.99 Å². The fourth-order valence-corrected chi connectivity index (χ4v) is 3.79. The maximum atomic E-state index is 10.8. The third kappa shape index (κ3) is 3.11. The topological polar surface area (TPSA) is 79.1 Å². The van der Waals surface area contributed by atoms with Gasteiger partial charge in [0.2, 0.25) is 0 Å². The van der Waals surface area contributed by atoms with Crippen LogP contribution < -0.4 is 0 Å². The van der Waals surface area contributed by atoms with Crippen LogP contribution in [0.1, 0.15) is 12.5 Å². The number of carboxylic acids is 1. The number of hydrogen-bond acceptors (Lipinski definition) is 4. The van der Waals surface area contributed by atoms with Crippen molar-refractivity contribution in [1.29, 1.82) is 0 Å². The number of ether oxygens (including phenoxy) is 1. The van der Waals surface area contributed by atoms with E-state index in [4.69, 9.17) is 9.84 Å². The molecule has 2 N–H and O–H groups in total. The van der Waals surface area contributed by atoms with Gasteiger partial charge in [-0.05, 0) is 0 Å². The Kier molecular flexibility index (Phi) is 4.17. The van der Waals surface area contributed by atoms with Crippen LogP contribution in [-0.4, -0.2) is 48.3 Å². The number of aliphatic hydroxyl groups is 1. The van der Waals surface area contributed by atoms with Gasteiger partial charge in [0, 0.05) is 0 Å². The quantitative estimate of drug-likeness (QED) is 0.487. The van der Waals surface area contributed by atoms with Gasteiger partial charge in [0.15, 0.2) is 0 Å². The molecule has 6 heteroatoms. The fraction of sp³-hybridized carbons (Fsp3) is 0.231. The van der Waals surface area contributed by atoms with Crippen LogP contribution in [0, 0.1) is 0 Å². The van der Waals surface area contributed by atoms with E-state index >= 15 is 0 Å². The molecule has 1 aliphatic rings. The van der Waals surface area contributed by atoms with Crippen LogP contribution in [0.25, 0.3) is 0 Å². The van der Waals surface area contributed by atoms with Gasteiger partial charge in [-0.2, -0.15) is 0 Å². The fourth-order valence-electron chi connectivity index (χ4n) is 1.63. The SMILES string of the molecule is CCOC1(O)N=C(c2ccccc2)[Se]/C1=C/C(=O)O. The summed E-state index contributed by atoms with van der Waals surface area (Å²) in [5.74, 6) is -2.95. The normalized spacial score (nSPS) is 24.5. The Morgan fingerprint density at radius 2 is 2.16 bits per heavy atom. The first-order valence-corrected chi connectivity index (χ1v) is 7.41. The van der Waals surface area contributed by atoms with Gasteiger partial charge in [0.1, 0.15) is 0 Å². The van der Waals surface area contributed by atoms with Crippen molar-refractivity contribution >= 4 is 25.5 Å². The summed E-state index contributed by atoms with van der Waals surface area (Å²) >= 11 is -0.371. The number of hydrogen-bond donors (Lipinski definition) is 2. The predicted molar refractivity (Wildman–Crippen MR) is 71.0 cm³/mol. The number of nitrogens with zero attached hydrogens (tertiary/aromatic N) is 1. The Bertz CT molecular complexity index is 541. The molecule has 0 amide bonds. The van der Waals surface area contributed by atoms with E-state index in [-0.39, 0.29) is 21.6 Å². The van der Waals surface area contributed by atoms with Crippen LogP contribution in [0.15, 0.2) is 45.9 Å². The molecule has 0 saturated carbocycles. The van der Waals surface area contributed by atoms with E-state index in [9.17, 15) is 9.90 Å². The second-order valence-corrected chi connectivity index (χ2v) is 5.94. The summed E-state index contributed by atoms with van der Waals surface area (Å²) in [7, 11) is 0. The first-order valence-electron chi connectivity index (χ1n) is 5.69. The number of benzene rings is 1. The summed E-state index contributed by atoms with van der Waals surface area (Å²) < 4.78 is 6.18. The van der Waals surface area contributed by atoms with Crippen molar-refractivity contribution in [2.75, 3.05) is 6.61 Å². The van der Waals surface area contributed by atoms with Gasteiger partial charge in [0.25, 0.3) is 0 Å². The summed E-state index contributed by atoms with van der Waals surface area (Å²) in [5, 5.41) is 19.2. The number of carbonyl (C=O) groups is 1. The summed E-state index contributed by atoms with van der Waals surface area (Å²) in [6, 6.07) is 9.36. The minimum atomic E-state index is -1.84. The van der Waals surface area contributed by atoms with Gasteiger partial charge >= 0.3 is 116 Å². The zero-order valence-electron chi connectivity index (χ0n) is 10.2. The molecule has 0 aromatic heterocycles. The second-order valence-electron chi connectivity index (χ2n) is 3.77. The van der Waals surface area contributed by atoms with Crippen molar-refractivity contribution < 1.29 is 19.7 Å². The predicted octanol–water partition coefficient (Wildman–Crippen LogP) is 0.802. The molecule has 1 unspecified atom stereocenters. The van der Waals surface area contributed by atoms with Crippen LogP contribution >= 0.6 is 0 Å². The summed E-state index contributed by atoms with van der Waals surface area (Å²) in [5.41, 5.74) is 0.870. The molecule has 5 nitrogen and oxygen atoms in total. The Hall–Kier alpha value is -1.46. The molecule has 1 heterocycles. The molecule has 1 aromatic carbocycles. The van der Waals surface area contributed by atoms with Crippen molar-refractivity contribution in [3.05, 3.63) is 46.4 Å².